The molecule has 198 valence electrons. The Morgan fingerprint density at radius 2 is 1.87 bits per heavy atom. The van der Waals surface area contributed by atoms with Gasteiger partial charge in [-0.05, 0) is 56.2 Å². The lowest BCUT2D eigenvalue weighted by atomic mass is 10.1. The van der Waals surface area contributed by atoms with Gasteiger partial charge in [0.2, 0.25) is 0 Å². The number of hydrogen-bond acceptors (Lipinski definition) is 6. The van der Waals surface area contributed by atoms with Crippen LogP contribution in [0.5, 0.6) is 0 Å². The number of pyridine rings is 2. The first-order valence-electron chi connectivity index (χ1n) is 12.5. The van der Waals surface area contributed by atoms with Gasteiger partial charge in [-0.2, -0.15) is 0 Å². The first-order valence-corrected chi connectivity index (χ1v) is 13.2. The van der Waals surface area contributed by atoms with E-state index < -0.39 is 5.60 Å². The standard InChI is InChI=1S/C28H30ClN5O3S/c1-28(2,3)37-27(36)32-11-9-31(10-12-32)22-15-23-24(18-34(38)26(23)30-16-22)20-7-8-33(25(35)14-20)17-19-5-4-6-21(29)13-19/h4-8,13-16,18,38H,9-12,17H2,1-3H3. The average Bonchev–Trinajstić information content (AvgIpc) is 3.20. The fourth-order valence-electron chi connectivity index (χ4n) is 4.59. The van der Waals surface area contributed by atoms with Crippen molar-refractivity contribution in [3.8, 4) is 11.1 Å². The number of benzene rings is 1. The number of aromatic nitrogens is 3. The van der Waals surface area contributed by atoms with E-state index in [9.17, 15) is 9.59 Å². The van der Waals surface area contributed by atoms with Crippen LogP contribution in [0.1, 0.15) is 26.3 Å². The summed E-state index contributed by atoms with van der Waals surface area (Å²) in [4.78, 5) is 34.0. The Labute approximate surface area is 231 Å². The molecule has 10 heteroatoms. The highest BCUT2D eigenvalue weighted by atomic mass is 35.5. The largest absolute Gasteiger partial charge is 0.444 e. The summed E-state index contributed by atoms with van der Waals surface area (Å²) in [6, 6.07) is 13.1. The molecule has 5 rings (SSSR count). The molecule has 0 N–H and O–H groups in total. The number of carbonyl (C=O) groups is 1. The number of carbonyl (C=O) groups excluding carboxylic acids is 1. The summed E-state index contributed by atoms with van der Waals surface area (Å²) in [6.07, 6.45) is 5.21. The van der Waals surface area contributed by atoms with Crippen LogP contribution in [0.25, 0.3) is 22.2 Å². The van der Waals surface area contributed by atoms with Crippen LogP contribution in [0.15, 0.2) is 65.8 Å². The van der Waals surface area contributed by atoms with Crippen LogP contribution in [-0.2, 0) is 11.3 Å². The van der Waals surface area contributed by atoms with Crippen LogP contribution in [0.4, 0.5) is 10.5 Å². The zero-order chi connectivity index (χ0) is 27.0. The molecule has 3 aromatic heterocycles. The summed E-state index contributed by atoms with van der Waals surface area (Å²) < 4.78 is 8.84. The lowest BCUT2D eigenvalue weighted by Crippen LogP contribution is -2.50. The van der Waals surface area contributed by atoms with E-state index in [2.05, 4.69) is 28.8 Å². The maximum Gasteiger partial charge on any atom is 0.410 e. The fourth-order valence-corrected chi connectivity index (χ4v) is 5.08. The lowest BCUT2D eigenvalue weighted by molar-refractivity contribution is 0.0240. The van der Waals surface area contributed by atoms with E-state index in [1.54, 1.807) is 25.7 Å². The van der Waals surface area contributed by atoms with Crippen molar-refractivity contribution in [2.75, 3.05) is 31.1 Å². The van der Waals surface area contributed by atoms with E-state index in [4.69, 9.17) is 16.3 Å². The SMILES string of the molecule is CC(C)(C)OC(=O)N1CCN(c2cnc3c(c2)c(-c2ccn(Cc4cccc(Cl)c4)c(=O)c2)cn3S)CC1. The summed E-state index contributed by atoms with van der Waals surface area (Å²) in [7, 11) is 0. The molecule has 1 fully saturated rings. The molecule has 0 unspecified atom stereocenters. The van der Waals surface area contributed by atoms with Crippen LogP contribution < -0.4 is 10.5 Å². The Kier molecular flexibility index (Phi) is 7.15. The molecule has 1 aliphatic heterocycles. The second kappa shape index (κ2) is 10.4. The van der Waals surface area contributed by atoms with Crippen LogP contribution >= 0.6 is 24.4 Å². The smallest absolute Gasteiger partial charge is 0.410 e. The first-order chi connectivity index (χ1) is 18.1. The van der Waals surface area contributed by atoms with Crippen LogP contribution in [0.2, 0.25) is 5.02 Å². The van der Waals surface area contributed by atoms with Gasteiger partial charge in [0, 0.05) is 60.6 Å². The van der Waals surface area contributed by atoms with Gasteiger partial charge in [0.15, 0.2) is 5.65 Å². The van der Waals surface area contributed by atoms with E-state index in [0.29, 0.717) is 43.4 Å². The molecule has 4 aromatic rings. The Morgan fingerprint density at radius 3 is 2.55 bits per heavy atom. The Hall–Kier alpha value is -3.43. The van der Waals surface area contributed by atoms with Gasteiger partial charge in [0.1, 0.15) is 5.60 Å². The number of anilines is 1. The Balaban J connectivity index is 1.37. The summed E-state index contributed by atoms with van der Waals surface area (Å²) in [6.45, 7) is 8.52. The van der Waals surface area contributed by atoms with Crippen molar-refractivity contribution in [1.82, 2.24) is 18.4 Å². The molecule has 0 radical (unpaired) electrons. The second-order valence-electron chi connectivity index (χ2n) is 10.4. The van der Waals surface area contributed by atoms with Crippen LogP contribution in [-0.4, -0.2) is 56.3 Å². The Bertz CT molecular complexity index is 1550. The molecular weight excluding hydrogens is 522 g/mol. The summed E-state index contributed by atoms with van der Waals surface area (Å²) >= 11 is 10.7. The van der Waals surface area contributed by atoms with E-state index >= 15 is 0 Å². The number of ether oxygens (including phenoxy) is 1. The van der Waals surface area contributed by atoms with Gasteiger partial charge in [-0.1, -0.05) is 36.5 Å². The highest BCUT2D eigenvalue weighted by Crippen LogP contribution is 2.32. The molecule has 8 nitrogen and oxygen atoms in total. The van der Waals surface area contributed by atoms with Gasteiger partial charge < -0.3 is 19.1 Å². The summed E-state index contributed by atoms with van der Waals surface area (Å²) in [5.74, 6) is 0. The fraction of sp³-hybridized carbons (Fsp3) is 0.321. The maximum atomic E-state index is 13.0. The van der Waals surface area contributed by atoms with Crippen molar-refractivity contribution in [2.45, 2.75) is 32.9 Å². The Morgan fingerprint density at radius 1 is 1.11 bits per heavy atom. The molecule has 0 spiro atoms. The molecule has 0 saturated carbocycles. The van der Waals surface area contributed by atoms with Gasteiger partial charge in [-0.25, -0.2) is 9.78 Å². The number of nitrogens with zero attached hydrogens (tertiary/aromatic N) is 5. The van der Waals surface area contributed by atoms with Crippen molar-refractivity contribution in [3.05, 3.63) is 82.0 Å². The van der Waals surface area contributed by atoms with Gasteiger partial charge >= 0.3 is 6.09 Å². The predicted molar refractivity (Wildman–Crippen MR) is 154 cm³/mol. The number of hydrogen-bond donors (Lipinski definition) is 1. The minimum atomic E-state index is -0.518. The second-order valence-corrected chi connectivity index (χ2v) is 11.3. The monoisotopic (exact) mass is 551 g/mol. The topological polar surface area (TPSA) is 72.6 Å². The maximum absolute atomic E-state index is 13.0. The molecule has 1 aliphatic rings. The molecule has 1 aromatic carbocycles. The third kappa shape index (κ3) is 5.68. The number of amides is 1. The molecule has 0 atom stereocenters. The highest BCUT2D eigenvalue weighted by Gasteiger charge is 2.26. The normalized spacial score (nSPS) is 14.2. The van der Waals surface area contributed by atoms with E-state index in [1.807, 2.05) is 63.5 Å². The van der Waals surface area contributed by atoms with Crippen molar-refractivity contribution in [2.24, 2.45) is 0 Å². The number of thiol groups is 1. The van der Waals surface area contributed by atoms with Crippen molar-refractivity contribution in [3.63, 3.8) is 0 Å². The molecule has 1 saturated heterocycles. The number of piperazine rings is 1. The zero-order valence-corrected chi connectivity index (χ0v) is 23.2. The summed E-state index contributed by atoms with van der Waals surface area (Å²) in [5.41, 5.74) is 3.67. The van der Waals surface area contributed by atoms with Crippen molar-refractivity contribution >= 4 is 47.2 Å². The molecule has 4 heterocycles. The molecule has 38 heavy (non-hydrogen) atoms. The highest BCUT2D eigenvalue weighted by molar-refractivity contribution is 7.78. The number of fused-ring (bicyclic) bond motifs is 1. The molecular formula is C28H30ClN5O3S. The van der Waals surface area contributed by atoms with Gasteiger partial charge in [0.25, 0.3) is 5.56 Å². The van der Waals surface area contributed by atoms with E-state index in [-0.39, 0.29) is 11.7 Å². The van der Waals surface area contributed by atoms with Crippen molar-refractivity contribution in [1.29, 1.82) is 0 Å². The molecule has 1 amide bonds. The van der Waals surface area contributed by atoms with Crippen LogP contribution in [0.3, 0.4) is 0 Å². The quantitative estimate of drug-likeness (QED) is 0.348. The van der Waals surface area contributed by atoms with Gasteiger partial charge in [0.05, 0.1) is 18.4 Å². The number of rotatable bonds is 4. The first kappa shape index (κ1) is 26.2. The minimum Gasteiger partial charge on any atom is -0.444 e. The summed E-state index contributed by atoms with van der Waals surface area (Å²) in [5, 5.41) is 1.54. The van der Waals surface area contributed by atoms with E-state index in [0.717, 1.165) is 27.8 Å². The average molecular weight is 552 g/mol. The number of halogens is 1. The minimum absolute atomic E-state index is 0.107. The van der Waals surface area contributed by atoms with E-state index in [1.165, 1.54) is 0 Å². The lowest BCUT2D eigenvalue weighted by Gasteiger charge is -2.36. The molecule has 0 aliphatic carbocycles. The predicted octanol–water partition coefficient (Wildman–Crippen LogP) is 5.32. The van der Waals surface area contributed by atoms with Gasteiger partial charge in [-0.15, -0.1) is 0 Å². The van der Waals surface area contributed by atoms with Crippen LogP contribution in [0, 0.1) is 0 Å². The third-order valence-electron chi connectivity index (χ3n) is 6.46. The zero-order valence-electron chi connectivity index (χ0n) is 21.6. The third-order valence-corrected chi connectivity index (χ3v) is 7.00. The van der Waals surface area contributed by atoms with Gasteiger partial charge in [-0.3, -0.25) is 8.77 Å². The molecule has 0 bridgehead atoms. The van der Waals surface area contributed by atoms with Crippen molar-refractivity contribution < 1.29 is 9.53 Å².